The molecule has 0 spiro atoms. The molecule has 0 N–H and O–H groups in total. The maximum atomic E-state index is 13.1. The van der Waals surface area contributed by atoms with E-state index >= 15 is 0 Å². The number of carbonyl (C=O) groups is 2. The molecule has 0 unspecified atom stereocenters. The molecule has 1 fully saturated rings. The second-order valence-corrected chi connectivity index (χ2v) is 8.51. The van der Waals surface area contributed by atoms with Crippen LogP contribution in [0.3, 0.4) is 0 Å². The molecular formula is C20H23FN2O3S. The number of hydrogen-bond donors (Lipinski definition) is 0. The summed E-state index contributed by atoms with van der Waals surface area (Å²) in [4.78, 5) is 29.8. The molecule has 1 aliphatic heterocycles. The van der Waals surface area contributed by atoms with Crippen LogP contribution in [0.25, 0.3) is 10.4 Å². The van der Waals surface area contributed by atoms with Crippen molar-refractivity contribution in [3.05, 3.63) is 47.1 Å². The molecule has 5 nitrogen and oxygen atoms in total. The van der Waals surface area contributed by atoms with E-state index in [-0.39, 0.29) is 17.8 Å². The molecule has 0 saturated carbocycles. The van der Waals surface area contributed by atoms with Crippen LogP contribution >= 0.6 is 11.3 Å². The Kier molecular flexibility index (Phi) is 5.51. The van der Waals surface area contributed by atoms with Gasteiger partial charge in [-0.3, -0.25) is 4.79 Å². The van der Waals surface area contributed by atoms with E-state index in [0.717, 1.165) is 10.4 Å². The Bertz CT molecular complexity index is 818. The SMILES string of the molecule is CC(C)(C)OC(=O)N1CCN(C(=O)c2ccc(-c3ccc(F)cc3)s2)CC1. The van der Waals surface area contributed by atoms with Crippen LogP contribution in [-0.4, -0.2) is 53.6 Å². The lowest BCUT2D eigenvalue weighted by atomic mass is 10.2. The molecule has 0 aliphatic carbocycles. The number of rotatable bonds is 2. The predicted octanol–water partition coefficient (Wildman–Crippen LogP) is 4.25. The number of ether oxygens (including phenoxy) is 1. The predicted molar refractivity (Wildman–Crippen MR) is 103 cm³/mol. The summed E-state index contributed by atoms with van der Waals surface area (Å²) in [5.41, 5.74) is 0.354. The minimum Gasteiger partial charge on any atom is -0.444 e. The molecule has 0 atom stereocenters. The fraction of sp³-hybridized carbons (Fsp3) is 0.400. The molecule has 2 amide bonds. The molecule has 144 valence electrons. The van der Waals surface area contributed by atoms with Gasteiger partial charge in [0.1, 0.15) is 11.4 Å². The summed E-state index contributed by atoms with van der Waals surface area (Å²) in [7, 11) is 0. The Balaban J connectivity index is 1.60. The summed E-state index contributed by atoms with van der Waals surface area (Å²) in [6.07, 6.45) is -0.343. The number of piperazine rings is 1. The Morgan fingerprint density at radius 1 is 0.963 bits per heavy atom. The topological polar surface area (TPSA) is 49.9 Å². The Labute approximate surface area is 162 Å². The quantitative estimate of drug-likeness (QED) is 0.770. The van der Waals surface area contributed by atoms with Gasteiger partial charge in [0.25, 0.3) is 5.91 Å². The van der Waals surface area contributed by atoms with Crippen molar-refractivity contribution in [3.8, 4) is 10.4 Å². The van der Waals surface area contributed by atoms with Crippen molar-refractivity contribution in [1.82, 2.24) is 9.80 Å². The molecule has 7 heteroatoms. The van der Waals surface area contributed by atoms with Crippen molar-refractivity contribution in [3.63, 3.8) is 0 Å². The summed E-state index contributed by atoms with van der Waals surface area (Å²) in [5.74, 6) is -0.327. The number of nitrogens with zero attached hydrogens (tertiary/aromatic N) is 2. The molecule has 1 aromatic heterocycles. The second-order valence-electron chi connectivity index (χ2n) is 7.43. The molecular weight excluding hydrogens is 367 g/mol. The van der Waals surface area contributed by atoms with Crippen LogP contribution in [0.15, 0.2) is 36.4 Å². The lowest BCUT2D eigenvalue weighted by Crippen LogP contribution is -2.51. The van der Waals surface area contributed by atoms with Crippen LogP contribution in [0.4, 0.5) is 9.18 Å². The first kappa shape index (κ1) is 19.4. The molecule has 2 heterocycles. The molecule has 3 rings (SSSR count). The van der Waals surface area contributed by atoms with Gasteiger partial charge in [0, 0.05) is 31.1 Å². The van der Waals surface area contributed by atoms with Gasteiger partial charge in [-0.25, -0.2) is 9.18 Å². The van der Waals surface area contributed by atoms with Crippen LogP contribution < -0.4 is 0 Å². The fourth-order valence-electron chi connectivity index (χ4n) is 2.80. The molecule has 0 bridgehead atoms. The van der Waals surface area contributed by atoms with Crippen molar-refractivity contribution >= 4 is 23.3 Å². The van der Waals surface area contributed by atoms with E-state index in [1.165, 1.54) is 23.5 Å². The summed E-state index contributed by atoms with van der Waals surface area (Å²) in [6.45, 7) is 7.36. The minimum atomic E-state index is -0.530. The molecule has 27 heavy (non-hydrogen) atoms. The van der Waals surface area contributed by atoms with Crippen molar-refractivity contribution in [2.75, 3.05) is 26.2 Å². The lowest BCUT2D eigenvalue weighted by Gasteiger charge is -2.35. The summed E-state index contributed by atoms with van der Waals surface area (Å²) in [6, 6.07) is 9.90. The monoisotopic (exact) mass is 390 g/mol. The molecule has 1 aliphatic rings. The Morgan fingerprint density at radius 3 is 2.15 bits per heavy atom. The maximum absolute atomic E-state index is 13.1. The van der Waals surface area contributed by atoms with E-state index in [4.69, 9.17) is 4.74 Å². The highest BCUT2D eigenvalue weighted by Gasteiger charge is 2.28. The normalized spacial score (nSPS) is 15.0. The summed E-state index contributed by atoms with van der Waals surface area (Å²) >= 11 is 1.39. The number of benzene rings is 1. The standard InChI is InChI=1S/C20H23FN2O3S/c1-20(2,3)26-19(25)23-12-10-22(11-13-23)18(24)17-9-8-16(27-17)14-4-6-15(21)7-5-14/h4-9H,10-13H2,1-3H3. The van der Waals surface area contributed by atoms with E-state index in [1.54, 1.807) is 28.0 Å². The van der Waals surface area contributed by atoms with Gasteiger partial charge in [-0.15, -0.1) is 11.3 Å². The first-order valence-electron chi connectivity index (χ1n) is 8.86. The van der Waals surface area contributed by atoms with Crippen molar-refractivity contribution in [2.45, 2.75) is 26.4 Å². The van der Waals surface area contributed by atoms with Gasteiger partial charge in [-0.2, -0.15) is 0 Å². The van der Waals surface area contributed by atoms with Gasteiger partial charge in [-0.1, -0.05) is 12.1 Å². The van der Waals surface area contributed by atoms with Gasteiger partial charge in [0.2, 0.25) is 0 Å². The highest BCUT2D eigenvalue weighted by molar-refractivity contribution is 7.17. The van der Waals surface area contributed by atoms with Crippen molar-refractivity contribution in [2.24, 2.45) is 0 Å². The van der Waals surface area contributed by atoms with E-state index in [2.05, 4.69) is 0 Å². The minimum absolute atomic E-state index is 0.0443. The van der Waals surface area contributed by atoms with Crippen LogP contribution in [0.2, 0.25) is 0 Å². The average molecular weight is 390 g/mol. The van der Waals surface area contributed by atoms with Crippen molar-refractivity contribution in [1.29, 1.82) is 0 Å². The number of thiophene rings is 1. The average Bonchev–Trinajstić information content (AvgIpc) is 3.10. The van der Waals surface area contributed by atoms with E-state index in [9.17, 15) is 14.0 Å². The maximum Gasteiger partial charge on any atom is 0.410 e. The fourth-order valence-corrected chi connectivity index (χ4v) is 3.78. The number of amides is 2. The zero-order chi connectivity index (χ0) is 19.6. The zero-order valence-corrected chi connectivity index (χ0v) is 16.5. The van der Waals surface area contributed by atoms with Gasteiger partial charge in [0.15, 0.2) is 0 Å². The molecule has 1 aromatic carbocycles. The first-order chi connectivity index (χ1) is 12.7. The summed E-state index contributed by atoms with van der Waals surface area (Å²) < 4.78 is 18.4. The van der Waals surface area contributed by atoms with E-state index in [1.807, 2.05) is 26.8 Å². The highest BCUT2D eigenvalue weighted by atomic mass is 32.1. The number of hydrogen-bond acceptors (Lipinski definition) is 4. The first-order valence-corrected chi connectivity index (χ1v) is 9.67. The molecule has 2 aromatic rings. The largest absolute Gasteiger partial charge is 0.444 e. The Hall–Kier alpha value is -2.41. The highest BCUT2D eigenvalue weighted by Crippen LogP contribution is 2.29. The van der Waals surface area contributed by atoms with E-state index < -0.39 is 5.60 Å². The third kappa shape index (κ3) is 4.86. The Morgan fingerprint density at radius 2 is 1.56 bits per heavy atom. The van der Waals surface area contributed by atoms with Gasteiger partial charge < -0.3 is 14.5 Å². The number of halogens is 1. The summed E-state index contributed by atoms with van der Waals surface area (Å²) in [5, 5.41) is 0. The van der Waals surface area contributed by atoms with Crippen LogP contribution in [0, 0.1) is 5.82 Å². The third-order valence-electron chi connectivity index (χ3n) is 4.16. The second kappa shape index (κ2) is 7.68. The van der Waals surface area contributed by atoms with Gasteiger partial charge >= 0.3 is 6.09 Å². The van der Waals surface area contributed by atoms with E-state index in [0.29, 0.717) is 31.1 Å². The third-order valence-corrected chi connectivity index (χ3v) is 5.29. The molecule has 0 radical (unpaired) electrons. The number of carbonyl (C=O) groups excluding carboxylic acids is 2. The van der Waals surface area contributed by atoms with Crippen LogP contribution in [0.1, 0.15) is 30.4 Å². The molecule has 1 saturated heterocycles. The smallest absolute Gasteiger partial charge is 0.410 e. The van der Waals surface area contributed by atoms with Crippen molar-refractivity contribution < 1.29 is 18.7 Å². The lowest BCUT2D eigenvalue weighted by molar-refractivity contribution is 0.0141. The zero-order valence-electron chi connectivity index (χ0n) is 15.7. The van der Waals surface area contributed by atoms with Gasteiger partial charge in [0.05, 0.1) is 4.88 Å². The van der Waals surface area contributed by atoms with Crippen LogP contribution in [-0.2, 0) is 4.74 Å². The van der Waals surface area contributed by atoms with Gasteiger partial charge in [-0.05, 0) is 50.6 Å². The van der Waals surface area contributed by atoms with Crippen LogP contribution in [0.5, 0.6) is 0 Å².